The number of rotatable bonds is 8. The van der Waals surface area contributed by atoms with Gasteiger partial charge in [-0.25, -0.2) is 14.4 Å². The van der Waals surface area contributed by atoms with E-state index >= 15 is 0 Å². The SMILES string of the molecule is O=C(CCc1ncc(-c2ccccc2F)o1)Nc1cccc(CSc2ccccn2)c1. The van der Waals surface area contributed by atoms with Crippen molar-refractivity contribution in [2.24, 2.45) is 0 Å². The molecule has 0 saturated carbocycles. The minimum atomic E-state index is -0.371. The third-order valence-electron chi connectivity index (χ3n) is 4.49. The Labute approximate surface area is 183 Å². The Morgan fingerprint density at radius 1 is 1.03 bits per heavy atom. The molecule has 0 saturated heterocycles. The van der Waals surface area contributed by atoms with E-state index in [2.05, 4.69) is 15.3 Å². The molecule has 31 heavy (non-hydrogen) atoms. The second-order valence-corrected chi connectivity index (χ2v) is 7.80. The second-order valence-electron chi connectivity index (χ2n) is 6.80. The summed E-state index contributed by atoms with van der Waals surface area (Å²) in [5, 5.41) is 3.86. The highest BCUT2D eigenvalue weighted by Gasteiger charge is 2.12. The molecular weight excluding hydrogens is 413 g/mol. The molecular formula is C24H20FN3O2S. The molecule has 2 aromatic carbocycles. The molecule has 2 heterocycles. The number of oxazole rings is 1. The van der Waals surface area contributed by atoms with Gasteiger partial charge in [0.05, 0.1) is 16.8 Å². The number of nitrogens with zero attached hydrogens (tertiary/aromatic N) is 2. The van der Waals surface area contributed by atoms with Crippen LogP contribution in [0.4, 0.5) is 10.1 Å². The number of halogens is 1. The second kappa shape index (κ2) is 10.0. The topological polar surface area (TPSA) is 68.0 Å². The van der Waals surface area contributed by atoms with Crippen LogP contribution in [0, 0.1) is 5.82 Å². The van der Waals surface area contributed by atoms with Crippen molar-refractivity contribution in [1.29, 1.82) is 0 Å². The summed E-state index contributed by atoms with van der Waals surface area (Å²) in [6.07, 6.45) is 3.79. The zero-order valence-corrected chi connectivity index (χ0v) is 17.4. The normalized spacial score (nSPS) is 10.7. The third kappa shape index (κ3) is 5.79. The molecule has 4 aromatic rings. The third-order valence-corrected chi connectivity index (χ3v) is 5.51. The fourth-order valence-electron chi connectivity index (χ4n) is 2.98. The number of carbonyl (C=O) groups excluding carboxylic acids is 1. The van der Waals surface area contributed by atoms with E-state index in [1.165, 1.54) is 12.3 Å². The number of anilines is 1. The minimum Gasteiger partial charge on any atom is -0.441 e. The summed E-state index contributed by atoms with van der Waals surface area (Å²) in [5.41, 5.74) is 2.19. The fraction of sp³-hybridized carbons (Fsp3) is 0.125. The maximum absolute atomic E-state index is 13.9. The molecule has 0 unspecified atom stereocenters. The predicted octanol–water partition coefficient (Wildman–Crippen LogP) is 5.74. The van der Waals surface area contributed by atoms with Gasteiger partial charge in [0.15, 0.2) is 11.7 Å². The summed E-state index contributed by atoms with van der Waals surface area (Å²) in [6.45, 7) is 0. The van der Waals surface area contributed by atoms with Crippen molar-refractivity contribution in [2.45, 2.75) is 23.6 Å². The molecule has 0 spiro atoms. The summed E-state index contributed by atoms with van der Waals surface area (Å²) in [5.74, 6) is 1.00. The van der Waals surface area contributed by atoms with Crippen LogP contribution < -0.4 is 5.32 Å². The van der Waals surface area contributed by atoms with Crippen LogP contribution >= 0.6 is 11.8 Å². The van der Waals surface area contributed by atoms with Gasteiger partial charge < -0.3 is 9.73 Å². The quantitative estimate of drug-likeness (QED) is 0.359. The van der Waals surface area contributed by atoms with Gasteiger partial charge in [-0.3, -0.25) is 4.79 Å². The number of benzene rings is 2. The van der Waals surface area contributed by atoms with E-state index in [-0.39, 0.29) is 18.1 Å². The van der Waals surface area contributed by atoms with Crippen LogP contribution in [-0.4, -0.2) is 15.9 Å². The van der Waals surface area contributed by atoms with Gasteiger partial charge >= 0.3 is 0 Å². The molecule has 7 heteroatoms. The predicted molar refractivity (Wildman–Crippen MR) is 119 cm³/mol. The van der Waals surface area contributed by atoms with Gasteiger partial charge in [-0.05, 0) is 42.0 Å². The highest BCUT2D eigenvalue weighted by Crippen LogP contribution is 2.24. The lowest BCUT2D eigenvalue weighted by molar-refractivity contribution is -0.116. The van der Waals surface area contributed by atoms with Crippen molar-refractivity contribution < 1.29 is 13.6 Å². The van der Waals surface area contributed by atoms with Crippen LogP contribution in [-0.2, 0) is 17.0 Å². The first kappa shape index (κ1) is 20.8. The number of carbonyl (C=O) groups is 1. The Hall–Kier alpha value is -3.45. The maximum Gasteiger partial charge on any atom is 0.224 e. The van der Waals surface area contributed by atoms with Crippen molar-refractivity contribution in [3.8, 4) is 11.3 Å². The molecule has 1 N–H and O–H groups in total. The molecule has 0 aliphatic rings. The van der Waals surface area contributed by atoms with Gasteiger partial charge in [-0.15, -0.1) is 11.8 Å². The largest absolute Gasteiger partial charge is 0.441 e. The van der Waals surface area contributed by atoms with E-state index in [4.69, 9.17) is 4.42 Å². The first-order chi connectivity index (χ1) is 15.2. The van der Waals surface area contributed by atoms with Gasteiger partial charge in [0.1, 0.15) is 5.82 Å². The number of nitrogens with one attached hydrogen (secondary N) is 1. The van der Waals surface area contributed by atoms with Gasteiger partial charge in [-0.2, -0.15) is 0 Å². The first-order valence-corrected chi connectivity index (χ1v) is 10.8. The van der Waals surface area contributed by atoms with E-state index in [0.717, 1.165) is 22.0 Å². The van der Waals surface area contributed by atoms with E-state index in [0.29, 0.717) is 23.6 Å². The van der Waals surface area contributed by atoms with Gasteiger partial charge in [0, 0.05) is 30.5 Å². The number of hydrogen-bond donors (Lipinski definition) is 1. The lowest BCUT2D eigenvalue weighted by atomic mass is 10.2. The summed E-state index contributed by atoms with van der Waals surface area (Å²) in [7, 11) is 0. The lowest BCUT2D eigenvalue weighted by Gasteiger charge is -2.07. The Morgan fingerprint density at radius 2 is 1.90 bits per heavy atom. The molecule has 2 aromatic heterocycles. The molecule has 0 radical (unpaired) electrons. The number of aryl methyl sites for hydroxylation is 1. The molecule has 0 bridgehead atoms. The van der Waals surface area contributed by atoms with E-state index in [1.807, 2.05) is 42.5 Å². The highest BCUT2D eigenvalue weighted by atomic mass is 32.2. The van der Waals surface area contributed by atoms with Crippen LogP contribution in [0.1, 0.15) is 17.9 Å². The van der Waals surface area contributed by atoms with E-state index < -0.39 is 0 Å². The van der Waals surface area contributed by atoms with Crippen molar-refractivity contribution in [3.05, 3.63) is 96.4 Å². The number of aromatic nitrogens is 2. The van der Waals surface area contributed by atoms with E-state index in [9.17, 15) is 9.18 Å². The average Bonchev–Trinajstić information content (AvgIpc) is 3.26. The minimum absolute atomic E-state index is 0.139. The summed E-state index contributed by atoms with van der Waals surface area (Å²) < 4.78 is 19.5. The molecule has 0 aliphatic carbocycles. The summed E-state index contributed by atoms with van der Waals surface area (Å²) in [4.78, 5) is 20.8. The van der Waals surface area contributed by atoms with Crippen molar-refractivity contribution in [2.75, 3.05) is 5.32 Å². The molecule has 0 fully saturated rings. The van der Waals surface area contributed by atoms with Crippen molar-refractivity contribution in [3.63, 3.8) is 0 Å². The lowest BCUT2D eigenvalue weighted by Crippen LogP contribution is -2.12. The molecule has 1 amide bonds. The van der Waals surface area contributed by atoms with Crippen LogP contribution in [0.2, 0.25) is 0 Å². The number of hydrogen-bond acceptors (Lipinski definition) is 5. The Bertz CT molecular complexity index is 1160. The van der Waals surface area contributed by atoms with Crippen molar-refractivity contribution in [1.82, 2.24) is 9.97 Å². The standard InChI is InChI=1S/C24H20FN3O2S/c25-20-9-2-1-8-19(20)21-15-27-23(30-21)12-11-22(29)28-18-7-5-6-17(14-18)16-31-24-10-3-4-13-26-24/h1-10,13-15H,11-12,16H2,(H,28,29). The van der Waals surface area contributed by atoms with Crippen LogP contribution in [0.25, 0.3) is 11.3 Å². The smallest absolute Gasteiger partial charge is 0.224 e. The van der Waals surface area contributed by atoms with Crippen LogP contribution in [0.15, 0.2) is 88.6 Å². The highest BCUT2D eigenvalue weighted by molar-refractivity contribution is 7.98. The Morgan fingerprint density at radius 3 is 2.74 bits per heavy atom. The zero-order chi connectivity index (χ0) is 21.5. The number of amides is 1. The van der Waals surface area contributed by atoms with Crippen LogP contribution in [0.5, 0.6) is 0 Å². The maximum atomic E-state index is 13.9. The monoisotopic (exact) mass is 433 g/mol. The Kier molecular flexibility index (Phi) is 6.74. The number of pyridine rings is 1. The summed E-state index contributed by atoms with van der Waals surface area (Å²) >= 11 is 1.64. The van der Waals surface area contributed by atoms with Gasteiger partial charge in [-0.1, -0.05) is 30.3 Å². The van der Waals surface area contributed by atoms with Gasteiger partial charge in [0.2, 0.25) is 5.91 Å². The number of thioether (sulfide) groups is 1. The van der Waals surface area contributed by atoms with Crippen molar-refractivity contribution >= 4 is 23.4 Å². The fourth-order valence-corrected chi connectivity index (χ4v) is 3.79. The zero-order valence-electron chi connectivity index (χ0n) is 16.6. The first-order valence-electron chi connectivity index (χ1n) is 9.79. The Balaban J connectivity index is 1.30. The van der Waals surface area contributed by atoms with Crippen LogP contribution in [0.3, 0.4) is 0 Å². The van der Waals surface area contributed by atoms with Gasteiger partial charge in [0.25, 0.3) is 0 Å². The summed E-state index contributed by atoms with van der Waals surface area (Å²) in [6, 6.07) is 19.9. The molecule has 4 rings (SSSR count). The average molecular weight is 434 g/mol. The molecule has 0 atom stereocenters. The molecule has 5 nitrogen and oxygen atoms in total. The molecule has 156 valence electrons. The molecule has 0 aliphatic heterocycles. The van der Waals surface area contributed by atoms with E-state index in [1.54, 1.807) is 36.2 Å².